The molecule has 1 saturated carbocycles. The van der Waals surface area contributed by atoms with Crippen LogP contribution in [0.1, 0.15) is 37.1 Å². The fourth-order valence-electron chi connectivity index (χ4n) is 1.91. The quantitative estimate of drug-likeness (QED) is 0.878. The maximum Gasteiger partial charge on any atom is 0.407 e. The Kier molecular flexibility index (Phi) is 4.26. The zero-order valence-electron chi connectivity index (χ0n) is 11.9. The van der Waals surface area contributed by atoms with Crippen LogP contribution in [-0.4, -0.2) is 42.3 Å². The van der Waals surface area contributed by atoms with Crippen LogP contribution in [-0.2, 0) is 16.1 Å². The van der Waals surface area contributed by atoms with E-state index in [-0.39, 0.29) is 5.91 Å². The first kappa shape index (κ1) is 14.4. The molecule has 1 aliphatic carbocycles. The van der Waals surface area contributed by atoms with E-state index in [1.165, 1.54) is 12.0 Å². The van der Waals surface area contributed by atoms with Gasteiger partial charge in [0.25, 0.3) is 0 Å². The molecule has 1 unspecified atom stereocenters. The van der Waals surface area contributed by atoms with Gasteiger partial charge in [0, 0.05) is 19.0 Å². The third kappa shape index (κ3) is 3.49. The third-order valence-corrected chi connectivity index (χ3v) is 3.22. The van der Waals surface area contributed by atoms with Crippen LogP contribution >= 0.6 is 0 Å². The Morgan fingerprint density at radius 1 is 1.60 bits per heavy atom. The standard InChI is InChI=1S/C13H19N3O4/c1-8(14-13(18)19-3)12(17)16(2)7-10-6-11(20-15-10)9-4-5-9/h6,8-9H,4-5,7H2,1-3H3,(H,14,18). The van der Waals surface area contributed by atoms with E-state index in [9.17, 15) is 9.59 Å². The van der Waals surface area contributed by atoms with Crippen molar-refractivity contribution in [1.82, 2.24) is 15.4 Å². The number of aromatic nitrogens is 1. The summed E-state index contributed by atoms with van der Waals surface area (Å²) >= 11 is 0. The molecule has 0 aliphatic heterocycles. The molecular formula is C13H19N3O4. The predicted octanol–water partition coefficient (Wildman–Crippen LogP) is 1.25. The Bertz CT molecular complexity index is 496. The van der Waals surface area contributed by atoms with E-state index in [1.807, 2.05) is 6.07 Å². The van der Waals surface area contributed by atoms with Crippen LogP contribution in [0.3, 0.4) is 0 Å². The molecule has 7 heteroatoms. The number of likely N-dealkylation sites (N-methyl/N-ethyl adjacent to an activating group) is 1. The van der Waals surface area contributed by atoms with Crippen LogP contribution in [0.4, 0.5) is 4.79 Å². The second-order valence-electron chi connectivity index (χ2n) is 5.05. The van der Waals surface area contributed by atoms with Crippen molar-refractivity contribution in [2.45, 2.75) is 38.3 Å². The lowest BCUT2D eigenvalue weighted by atomic mass is 10.2. The van der Waals surface area contributed by atoms with Gasteiger partial charge in [-0.2, -0.15) is 0 Å². The lowest BCUT2D eigenvalue weighted by molar-refractivity contribution is -0.132. The van der Waals surface area contributed by atoms with E-state index < -0.39 is 12.1 Å². The van der Waals surface area contributed by atoms with Crippen LogP contribution in [0.5, 0.6) is 0 Å². The summed E-state index contributed by atoms with van der Waals surface area (Å²) in [6.07, 6.45) is 1.66. The molecule has 2 amide bonds. The van der Waals surface area contributed by atoms with E-state index >= 15 is 0 Å². The number of amides is 2. The molecule has 0 aromatic carbocycles. The van der Waals surface area contributed by atoms with E-state index in [4.69, 9.17) is 4.52 Å². The van der Waals surface area contributed by atoms with E-state index in [2.05, 4.69) is 15.2 Å². The average Bonchev–Trinajstić information content (AvgIpc) is 3.18. The van der Waals surface area contributed by atoms with Crippen LogP contribution < -0.4 is 5.32 Å². The number of methoxy groups -OCH3 is 1. The SMILES string of the molecule is COC(=O)NC(C)C(=O)N(C)Cc1cc(C2CC2)on1. The summed E-state index contributed by atoms with van der Waals surface area (Å²) in [5.74, 6) is 1.17. The molecule has 0 saturated heterocycles. The monoisotopic (exact) mass is 281 g/mol. The molecule has 7 nitrogen and oxygen atoms in total. The Morgan fingerprint density at radius 3 is 2.90 bits per heavy atom. The van der Waals surface area contributed by atoms with Gasteiger partial charge in [-0.3, -0.25) is 4.79 Å². The topological polar surface area (TPSA) is 84.7 Å². The number of ether oxygens (including phenoxy) is 1. The minimum absolute atomic E-state index is 0.216. The Morgan fingerprint density at radius 2 is 2.30 bits per heavy atom. The first-order chi connectivity index (χ1) is 9.51. The van der Waals surface area contributed by atoms with E-state index in [0.29, 0.717) is 18.2 Å². The van der Waals surface area contributed by atoms with Crippen molar-refractivity contribution in [2.24, 2.45) is 0 Å². The predicted molar refractivity (Wildman–Crippen MR) is 70.0 cm³/mol. The summed E-state index contributed by atoms with van der Waals surface area (Å²) in [6.45, 7) is 1.95. The van der Waals surface area contributed by atoms with Crippen LogP contribution in [0, 0.1) is 0 Å². The van der Waals surface area contributed by atoms with E-state index in [1.54, 1.807) is 14.0 Å². The lowest BCUT2D eigenvalue weighted by Crippen LogP contribution is -2.45. The van der Waals surface area contributed by atoms with Crippen molar-refractivity contribution in [3.05, 3.63) is 17.5 Å². The largest absolute Gasteiger partial charge is 0.453 e. The molecule has 0 bridgehead atoms. The van der Waals surface area contributed by atoms with Crippen molar-refractivity contribution >= 4 is 12.0 Å². The highest BCUT2D eigenvalue weighted by Crippen LogP contribution is 2.40. The molecule has 1 fully saturated rings. The van der Waals surface area contributed by atoms with Gasteiger partial charge in [0.2, 0.25) is 5.91 Å². The highest BCUT2D eigenvalue weighted by Gasteiger charge is 2.28. The lowest BCUT2D eigenvalue weighted by Gasteiger charge is -2.20. The smallest absolute Gasteiger partial charge is 0.407 e. The molecule has 2 rings (SSSR count). The fraction of sp³-hybridized carbons (Fsp3) is 0.615. The number of rotatable bonds is 5. The fourth-order valence-corrected chi connectivity index (χ4v) is 1.91. The molecule has 0 spiro atoms. The minimum Gasteiger partial charge on any atom is -0.453 e. The van der Waals surface area contributed by atoms with Crippen LogP contribution in [0.2, 0.25) is 0 Å². The summed E-state index contributed by atoms with van der Waals surface area (Å²) in [5.41, 5.74) is 0.716. The highest BCUT2D eigenvalue weighted by atomic mass is 16.5. The second-order valence-corrected chi connectivity index (χ2v) is 5.05. The summed E-state index contributed by atoms with van der Waals surface area (Å²) < 4.78 is 9.69. The Labute approximate surface area is 117 Å². The van der Waals surface area contributed by atoms with Gasteiger partial charge in [0.1, 0.15) is 17.5 Å². The van der Waals surface area contributed by atoms with Gasteiger partial charge in [-0.15, -0.1) is 0 Å². The van der Waals surface area contributed by atoms with Crippen molar-refractivity contribution in [1.29, 1.82) is 0 Å². The Balaban J connectivity index is 1.87. The van der Waals surface area contributed by atoms with Gasteiger partial charge < -0.3 is 19.5 Å². The molecule has 1 N–H and O–H groups in total. The molecular weight excluding hydrogens is 262 g/mol. The number of alkyl carbamates (subject to hydrolysis) is 1. The number of carbonyl (C=O) groups is 2. The van der Waals surface area contributed by atoms with Crippen molar-refractivity contribution in [3.8, 4) is 0 Å². The highest BCUT2D eigenvalue weighted by molar-refractivity contribution is 5.85. The minimum atomic E-state index is -0.651. The van der Waals surface area contributed by atoms with Gasteiger partial charge in [-0.05, 0) is 19.8 Å². The maximum absolute atomic E-state index is 12.0. The summed E-state index contributed by atoms with van der Waals surface area (Å²) in [4.78, 5) is 24.6. The van der Waals surface area contributed by atoms with Crippen molar-refractivity contribution in [2.75, 3.05) is 14.2 Å². The van der Waals surface area contributed by atoms with Gasteiger partial charge >= 0.3 is 6.09 Å². The average molecular weight is 281 g/mol. The summed E-state index contributed by atoms with van der Waals surface area (Å²) in [7, 11) is 2.91. The molecule has 1 atom stereocenters. The number of nitrogens with one attached hydrogen (secondary N) is 1. The zero-order chi connectivity index (χ0) is 14.7. The molecule has 0 radical (unpaired) electrons. The van der Waals surface area contributed by atoms with Crippen LogP contribution in [0.15, 0.2) is 10.6 Å². The molecule has 1 aromatic heterocycles. The van der Waals surface area contributed by atoms with Gasteiger partial charge in [-0.1, -0.05) is 5.16 Å². The molecule has 1 aromatic rings. The van der Waals surface area contributed by atoms with Gasteiger partial charge in [-0.25, -0.2) is 4.79 Å². The van der Waals surface area contributed by atoms with Gasteiger partial charge in [0.15, 0.2) is 0 Å². The summed E-state index contributed by atoms with van der Waals surface area (Å²) in [6, 6.07) is 1.24. The second kappa shape index (κ2) is 5.94. The Hall–Kier alpha value is -2.05. The molecule has 110 valence electrons. The van der Waals surface area contributed by atoms with Gasteiger partial charge in [0.05, 0.1) is 13.7 Å². The summed E-state index contributed by atoms with van der Waals surface area (Å²) in [5, 5.41) is 6.39. The third-order valence-electron chi connectivity index (χ3n) is 3.22. The number of hydrogen-bond donors (Lipinski definition) is 1. The normalized spacial score (nSPS) is 15.6. The first-order valence-electron chi connectivity index (χ1n) is 6.56. The molecule has 1 aliphatic rings. The van der Waals surface area contributed by atoms with Crippen molar-refractivity contribution in [3.63, 3.8) is 0 Å². The zero-order valence-corrected chi connectivity index (χ0v) is 11.9. The van der Waals surface area contributed by atoms with Crippen molar-refractivity contribution < 1.29 is 18.8 Å². The molecule has 1 heterocycles. The molecule has 20 heavy (non-hydrogen) atoms. The first-order valence-corrected chi connectivity index (χ1v) is 6.56. The number of hydrogen-bond acceptors (Lipinski definition) is 5. The number of nitrogens with zero attached hydrogens (tertiary/aromatic N) is 2. The van der Waals surface area contributed by atoms with Crippen LogP contribution in [0.25, 0.3) is 0 Å². The number of carbonyl (C=O) groups excluding carboxylic acids is 2. The maximum atomic E-state index is 12.0. The van der Waals surface area contributed by atoms with E-state index in [0.717, 1.165) is 18.6 Å².